The first-order chi connectivity index (χ1) is 13.1. The van der Waals surface area contributed by atoms with Crippen LogP contribution >= 0.6 is 0 Å². The van der Waals surface area contributed by atoms with Gasteiger partial charge in [-0.05, 0) is 49.1 Å². The molecule has 2 aromatic rings. The Kier molecular flexibility index (Phi) is 3.95. The zero-order chi connectivity index (χ0) is 18.7. The molecule has 5 unspecified atom stereocenters. The van der Waals surface area contributed by atoms with E-state index in [1.165, 1.54) is 17.4 Å². The number of hydrogen-bond acceptors (Lipinski definition) is 5. The third kappa shape index (κ3) is 2.43. The molecule has 2 aliphatic heterocycles. The highest BCUT2D eigenvalue weighted by Crippen LogP contribution is 2.49. The molecule has 5 atom stereocenters. The van der Waals surface area contributed by atoms with Crippen molar-refractivity contribution in [1.82, 2.24) is 9.63 Å². The second kappa shape index (κ2) is 6.24. The molecular formula is C21H26N2O4. The van der Waals surface area contributed by atoms with Gasteiger partial charge in [0, 0.05) is 18.5 Å². The van der Waals surface area contributed by atoms with E-state index in [4.69, 9.17) is 4.74 Å². The van der Waals surface area contributed by atoms with E-state index in [0.717, 1.165) is 48.9 Å². The second-order valence-corrected chi connectivity index (χ2v) is 8.31. The smallest absolute Gasteiger partial charge is 0.311 e. The van der Waals surface area contributed by atoms with E-state index >= 15 is 0 Å². The minimum Gasteiger partial charge on any atom is -0.469 e. The average molecular weight is 370 g/mol. The minimum absolute atomic E-state index is 0.0739. The van der Waals surface area contributed by atoms with Gasteiger partial charge in [-0.1, -0.05) is 18.2 Å². The summed E-state index contributed by atoms with van der Waals surface area (Å²) in [4.78, 5) is 14.9. The molecule has 3 aliphatic rings. The molecule has 1 aromatic carbocycles. The third-order valence-corrected chi connectivity index (χ3v) is 7.15. The Morgan fingerprint density at radius 1 is 1.26 bits per heavy atom. The van der Waals surface area contributed by atoms with Gasteiger partial charge in [-0.2, -0.15) is 4.73 Å². The van der Waals surface area contributed by atoms with Crippen LogP contribution < -0.4 is 0 Å². The molecule has 1 aromatic heterocycles. The number of piperidine rings is 1. The van der Waals surface area contributed by atoms with Crippen molar-refractivity contribution in [3.05, 3.63) is 35.5 Å². The Labute approximate surface area is 158 Å². The van der Waals surface area contributed by atoms with E-state index in [1.54, 1.807) is 0 Å². The zero-order valence-electron chi connectivity index (χ0n) is 15.5. The van der Waals surface area contributed by atoms with Crippen LogP contribution in [0.1, 0.15) is 36.6 Å². The Morgan fingerprint density at radius 3 is 2.89 bits per heavy atom. The number of rotatable bonds is 1. The highest BCUT2D eigenvalue weighted by atomic mass is 16.5. The van der Waals surface area contributed by atoms with Gasteiger partial charge in [-0.3, -0.25) is 9.69 Å². The highest BCUT2D eigenvalue weighted by Gasteiger charge is 2.50. The Bertz CT molecular complexity index is 892. The first kappa shape index (κ1) is 17.1. The summed E-state index contributed by atoms with van der Waals surface area (Å²) in [5, 5.41) is 22.5. The Balaban J connectivity index is 1.56. The number of carbonyl (C=O) groups excluding carboxylic acids is 1. The molecule has 2 fully saturated rings. The second-order valence-electron chi connectivity index (χ2n) is 8.31. The quantitative estimate of drug-likeness (QED) is 0.595. The number of benzene rings is 1. The molecule has 3 heterocycles. The predicted molar refractivity (Wildman–Crippen MR) is 99.5 cm³/mol. The van der Waals surface area contributed by atoms with E-state index < -0.39 is 12.0 Å². The van der Waals surface area contributed by atoms with Crippen molar-refractivity contribution in [2.24, 2.45) is 17.8 Å². The molecule has 0 radical (unpaired) electrons. The van der Waals surface area contributed by atoms with Gasteiger partial charge in [0.15, 0.2) is 0 Å². The number of carbonyl (C=O) groups is 1. The fraction of sp³-hybridized carbons (Fsp3) is 0.571. The minimum atomic E-state index is -0.631. The molecule has 27 heavy (non-hydrogen) atoms. The maximum absolute atomic E-state index is 12.4. The number of para-hydroxylation sites is 1. The molecule has 144 valence electrons. The number of aliphatic hydroxyl groups is 1. The standard InChI is InChI=1S/C21H26N2O4/c1-27-21(25)19-15-10-17-20-14(13-4-2-3-5-16(13)23(20)26)8-9-22(17)11-12(15)6-7-18(19)24/h2-5,12,15,17-19,24,26H,6-11H2,1H3. The van der Waals surface area contributed by atoms with Gasteiger partial charge < -0.3 is 15.1 Å². The lowest BCUT2D eigenvalue weighted by Gasteiger charge is -2.50. The van der Waals surface area contributed by atoms with Gasteiger partial charge in [0.2, 0.25) is 0 Å². The molecule has 6 nitrogen and oxygen atoms in total. The van der Waals surface area contributed by atoms with Crippen LogP contribution in [-0.2, 0) is 16.0 Å². The Hall–Kier alpha value is -2.05. The van der Waals surface area contributed by atoms with Crippen molar-refractivity contribution in [3.63, 3.8) is 0 Å². The van der Waals surface area contributed by atoms with Crippen LogP contribution in [0.25, 0.3) is 10.9 Å². The normalized spacial score (nSPS) is 33.2. The van der Waals surface area contributed by atoms with Crippen LogP contribution in [0, 0.1) is 17.8 Å². The summed E-state index contributed by atoms with van der Waals surface area (Å²) in [6.45, 7) is 1.89. The van der Waals surface area contributed by atoms with E-state index in [-0.39, 0.29) is 17.9 Å². The highest BCUT2D eigenvalue weighted by molar-refractivity contribution is 5.85. The summed E-state index contributed by atoms with van der Waals surface area (Å²) in [7, 11) is 1.40. The maximum Gasteiger partial charge on any atom is 0.311 e. The summed E-state index contributed by atoms with van der Waals surface area (Å²) in [6, 6.07) is 8.05. The van der Waals surface area contributed by atoms with Gasteiger partial charge in [0.1, 0.15) is 0 Å². The molecule has 2 N–H and O–H groups in total. The molecule has 0 bridgehead atoms. The van der Waals surface area contributed by atoms with Crippen LogP contribution in [0.3, 0.4) is 0 Å². The first-order valence-corrected chi connectivity index (χ1v) is 9.91. The molecule has 1 aliphatic carbocycles. The van der Waals surface area contributed by atoms with Crippen molar-refractivity contribution in [2.75, 3.05) is 20.2 Å². The molecule has 1 saturated carbocycles. The van der Waals surface area contributed by atoms with Gasteiger partial charge in [0.05, 0.1) is 36.4 Å². The Morgan fingerprint density at radius 2 is 2.07 bits per heavy atom. The SMILES string of the molecule is COC(=O)C1C(O)CCC2CN3CCc4c(n(O)c5ccccc45)C3CC21. The van der Waals surface area contributed by atoms with Crippen LogP contribution in [0.5, 0.6) is 0 Å². The van der Waals surface area contributed by atoms with Crippen LogP contribution in [0.2, 0.25) is 0 Å². The van der Waals surface area contributed by atoms with E-state index in [0.29, 0.717) is 12.3 Å². The van der Waals surface area contributed by atoms with Gasteiger partial charge in [-0.15, -0.1) is 0 Å². The summed E-state index contributed by atoms with van der Waals surface area (Å²) in [5.41, 5.74) is 3.03. The molecule has 1 saturated heterocycles. The van der Waals surface area contributed by atoms with E-state index in [9.17, 15) is 15.1 Å². The van der Waals surface area contributed by atoms with E-state index in [1.807, 2.05) is 18.2 Å². The zero-order valence-corrected chi connectivity index (χ0v) is 15.5. The van der Waals surface area contributed by atoms with Crippen molar-refractivity contribution >= 4 is 16.9 Å². The monoisotopic (exact) mass is 370 g/mol. The van der Waals surface area contributed by atoms with Crippen molar-refractivity contribution < 1.29 is 19.8 Å². The number of nitrogens with zero attached hydrogens (tertiary/aromatic N) is 2. The largest absolute Gasteiger partial charge is 0.469 e. The van der Waals surface area contributed by atoms with Crippen molar-refractivity contribution in [1.29, 1.82) is 0 Å². The molecule has 6 heteroatoms. The molecule has 5 rings (SSSR count). The fourth-order valence-corrected chi connectivity index (χ4v) is 5.93. The van der Waals surface area contributed by atoms with Crippen molar-refractivity contribution in [3.8, 4) is 0 Å². The van der Waals surface area contributed by atoms with Crippen LogP contribution in [0.4, 0.5) is 0 Å². The summed E-state index contributed by atoms with van der Waals surface area (Å²) in [5.74, 6) is -0.276. The summed E-state index contributed by atoms with van der Waals surface area (Å²) >= 11 is 0. The first-order valence-electron chi connectivity index (χ1n) is 9.91. The maximum atomic E-state index is 12.4. The van der Waals surface area contributed by atoms with Gasteiger partial charge >= 0.3 is 5.97 Å². The van der Waals surface area contributed by atoms with E-state index in [2.05, 4.69) is 11.0 Å². The summed E-state index contributed by atoms with van der Waals surface area (Å²) < 4.78 is 6.37. The molecule has 0 spiro atoms. The number of esters is 1. The molecular weight excluding hydrogens is 344 g/mol. The number of aromatic nitrogens is 1. The van der Waals surface area contributed by atoms with Crippen LogP contribution in [-0.4, -0.2) is 52.2 Å². The number of ether oxygens (including phenoxy) is 1. The fourth-order valence-electron chi connectivity index (χ4n) is 5.93. The lowest BCUT2D eigenvalue weighted by molar-refractivity contribution is -0.160. The summed E-state index contributed by atoms with van der Waals surface area (Å²) in [6.07, 6.45) is 2.67. The number of fused-ring (bicyclic) bond motifs is 6. The van der Waals surface area contributed by atoms with Crippen LogP contribution in [0.15, 0.2) is 24.3 Å². The topological polar surface area (TPSA) is 74.9 Å². The van der Waals surface area contributed by atoms with Gasteiger partial charge in [-0.25, -0.2) is 0 Å². The average Bonchev–Trinajstić information content (AvgIpc) is 2.99. The van der Waals surface area contributed by atoms with Gasteiger partial charge in [0.25, 0.3) is 0 Å². The van der Waals surface area contributed by atoms with Crippen molar-refractivity contribution in [2.45, 2.75) is 37.8 Å². The third-order valence-electron chi connectivity index (χ3n) is 7.15. The molecule has 0 amide bonds. The lowest BCUT2D eigenvalue weighted by atomic mass is 9.65. The predicted octanol–water partition coefficient (Wildman–Crippen LogP) is 2.36. The number of hydrogen-bond donors (Lipinski definition) is 2. The number of methoxy groups -OCH3 is 1. The lowest BCUT2D eigenvalue weighted by Crippen LogP contribution is -2.53. The number of aliphatic hydroxyl groups excluding tert-OH is 1.